The fourth-order valence-electron chi connectivity index (χ4n) is 2.10. The number of imidazole rings is 1. The van der Waals surface area contributed by atoms with Gasteiger partial charge in [-0.05, 0) is 18.2 Å². The minimum atomic E-state index is -0.0668. The summed E-state index contributed by atoms with van der Waals surface area (Å²) in [6, 6.07) is 5.58. The predicted molar refractivity (Wildman–Crippen MR) is 69.3 cm³/mol. The van der Waals surface area contributed by atoms with Crippen LogP contribution < -0.4 is 11.4 Å². The van der Waals surface area contributed by atoms with E-state index in [2.05, 4.69) is 10.1 Å². The molecule has 3 aromatic rings. The molecule has 0 spiro atoms. The molecule has 0 aliphatic carbocycles. The summed E-state index contributed by atoms with van der Waals surface area (Å²) < 4.78 is 8.16. The van der Waals surface area contributed by atoms with Crippen molar-refractivity contribution >= 4 is 11.0 Å². The molecule has 19 heavy (non-hydrogen) atoms. The van der Waals surface area contributed by atoms with Crippen LogP contribution in [0.1, 0.15) is 5.89 Å². The van der Waals surface area contributed by atoms with Crippen molar-refractivity contribution in [3.63, 3.8) is 0 Å². The Balaban J connectivity index is 2.21. The van der Waals surface area contributed by atoms with Crippen LogP contribution in [0.25, 0.3) is 22.4 Å². The maximum atomic E-state index is 11.8. The molecule has 0 radical (unpaired) electrons. The summed E-state index contributed by atoms with van der Waals surface area (Å²) in [5.41, 5.74) is 7.84. The van der Waals surface area contributed by atoms with Crippen LogP contribution in [-0.4, -0.2) is 19.3 Å². The molecule has 0 saturated carbocycles. The number of aromatic nitrogens is 4. The molecule has 0 bridgehead atoms. The number of rotatable bonds is 2. The lowest BCUT2D eigenvalue weighted by Gasteiger charge is -1.97. The first kappa shape index (κ1) is 11.7. The Morgan fingerprint density at radius 3 is 2.68 bits per heavy atom. The number of benzene rings is 1. The predicted octanol–water partition coefficient (Wildman–Crippen LogP) is 0.386. The Kier molecular flexibility index (Phi) is 2.49. The topological polar surface area (TPSA) is 91.9 Å². The Morgan fingerprint density at radius 1 is 1.26 bits per heavy atom. The van der Waals surface area contributed by atoms with E-state index in [1.807, 2.05) is 18.2 Å². The molecule has 0 unspecified atom stereocenters. The van der Waals surface area contributed by atoms with Crippen LogP contribution in [0.5, 0.6) is 0 Å². The van der Waals surface area contributed by atoms with Crippen LogP contribution in [0.15, 0.2) is 27.5 Å². The SMILES string of the molecule is Cn1c(=O)n(C)c2cc(-c3noc(CN)n3)ccc21. The van der Waals surface area contributed by atoms with Crippen molar-refractivity contribution in [2.75, 3.05) is 0 Å². The summed E-state index contributed by atoms with van der Waals surface area (Å²) in [6.07, 6.45) is 0. The van der Waals surface area contributed by atoms with E-state index in [-0.39, 0.29) is 12.2 Å². The lowest BCUT2D eigenvalue weighted by Crippen LogP contribution is -2.19. The van der Waals surface area contributed by atoms with Gasteiger partial charge in [-0.15, -0.1) is 0 Å². The fraction of sp³-hybridized carbons (Fsp3) is 0.250. The van der Waals surface area contributed by atoms with Gasteiger partial charge < -0.3 is 10.3 Å². The van der Waals surface area contributed by atoms with Gasteiger partial charge in [-0.25, -0.2) is 4.79 Å². The molecule has 0 aliphatic rings. The third kappa shape index (κ3) is 1.66. The quantitative estimate of drug-likeness (QED) is 0.718. The van der Waals surface area contributed by atoms with Crippen molar-refractivity contribution in [2.45, 2.75) is 6.54 Å². The Morgan fingerprint density at radius 2 is 2.00 bits per heavy atom. The average Bonchev–Trinajstić information content (AvgIpc) is 2.99. The molecule has 2 N–H and O–H groups in total. The third-order valence-electron chi connectivity index (χ3n) is 3.17. The number of nitrogens with two attached hydrogens (primary N) is 1. The molecule has 2 heterocycles. The number of nitrogens with zero attached hydrogens (tertiary/aromatic N) is 4. The highest BCUT2D eigenvalue weighted by Crippen LogP contribution is 2.21. The molecule has 7 nitrogen and oxygen atoms in total. The first-order chi connectivity index (χ1) is 9.11. The van der Waals surface area contributed by atoms with E-state index in [0.29, 0.717) is 11.7 Å². The monoisotopic (exact) mass is 259 g/mol. The molecule has 0 amide bonds. The standard InChI is InChI=1S/C12H13N5O2/c1-16-8-4-3-7(5-9(8)17(2)12(16)18)11-14-10(6-13)19-15-11/h3-5H,6,13H2,1-2H3. The highest BCUT2D eigenvalue weighted by molar-refractivity contribution is 5.81. The summed E-state index contributed by atoms with van der Waals surface area (Å²) in [4.78, 5) is 16.0. The maximum absolute atomic E-state index is 11.8. The van der Waals surface area contributed by atoms with Crippen LogP contribution in [0.4, 0.5) is 0 Å². The molecular formula is C12H13N5O2. The van der Waals surface area contributed by atoms with E-state index in [0.717, 1.165) is 16.6 Å². The lowest BCUT2D eigenvalue weighted by atomic mass is 10.2. The number of hydrogen-bond acceptors (Lipinski definition) is 5. The van der Waals surface area contributed by atoms with Crippen molar-refractivity contribution in [3.8, 4) is 11.4 Å². The fourth-order valence-corrected chi connectivity index (χ4v) is 2.10. The van der Waals surface area contributed by atoms with E-state index in [1.54, 1.807) is 23.2 Å². The van der Waals surface area contributed by atoms with Gasteiger partial charge in [0.05, 0.1) is 17.6 Å². The van der Waals surface area contributed by atoms with Gasteiger partial charge in [-0.1, -0.05) is 5.16 Å². The lowest BCUT2D eigenvalue weighted by molar-refractivity contribution is 0.380. The molecule has 0 atom stereocenters. The minimum absolute atomic E-state index is 0.0668. The second-order valence-corrected chi connectivity index (χ2v) is 4.32. The van der Waals surface area contributed by atoms with Crippen LogP contribution >= 0.6 is 0 Å². The zero-order valence-electron chi connectivity index (χ0n) is 10.6. The summed E-state index contributed by atoms with van der Waals surface area (Å²) >= 11 is 0. The van der Waals surface area contributed by atoms with Gasteiger partial charge in [-0.2, -0.15) is 4.98 Å². The summed E-state index contributed by atoms with van der Waals surface area (Å²) in [6.45, 7) is 0.207. The first-order valence-corrected chi connectivity index (χ1v) is 5.80. The van der Waals surface area contributed by atoms with Gasteiger partial charge in [0, 0.05) is 19.7 Å². The Labute approximate surface area is 108 Å². The van der Waals surface area contributed by atoms with Crippen molar-refractivity contribution in [3.05, 3.63) is 34.6 Å². The van der Waals surface area contributed by atoms with Crippen molar-refractivity contribution in [1.29, 1.82) is 0 Å². The summed E-state index contributed by atoms with van der Waals surface area (Å²) in [5.74, 6) is 0.857. The van der Waals surface area contributed by atoms with E-state index in [9.17, 15) is 4.79 Å². The van der Waals surface area contributed by atoms with Crippen LogP contribution in [0.3, 0.4) is 0 Å². The average molecular weight is 259 g/mol. The highest BCUT2D eigenvalue weighted by atomic mass is 16.5. The van der Waals surface area contributed by atoms with Crippen LogP contribution in [0.2, 0.25) is 0 Å². The molecule has 2 aromatic heterocycles. The largest absolute Gasteiger partial charge is 0.338 e. The van der Waals surface area contributed by atoms with Gasteiger partial charge >= 0.3 is 5.69 Å². The second kappa shape index (κ2) is 4.06. The molecule has 0 aliphatic heterocycles. The zero-order chi connectivity index (χ0) is 13.6. The van der Waals surface area contributed by atoms with E-state index in [4.69, 9.17) is 10.3 Å². The van der Waals surface area contributed by atoms with Gasteiger partial charge in [0.2, 0.25) is 11.7 Å². The van der Waals surface area contributed by atoms with Crippen LogP contribution in [0, 0.1) is 0 Å². The normalized spacial score (nSPS) is 11.3. The summed E-state index contributed by atoms with van der Waals surface area (Å²) in [5, 5.41) is 3.86. The highest BCUT2D eigenvalue weighted by Gasteiger charge is 2.12. The first-order valence-electron chi connectivity index (χ1n) is 5.80. The van der Waals surface area contributed by atoms with Crippen molar-refractivity contribution in [1.82, 2.24) is 19.3 Å². The van der Waals surface area contributed by atoms with Gasteiger partial charge in [0.25, 0.3) is 0 Å². The molecule has 0 fully saturated rings. The molecule has 1 aromatic carbocycles. The number of aryl methyl sites for hydroxylation is 2. The van der Waals surface area contributed by atoms with Gasteiger partial charge in [-0.3, -0.25) is 9.13 Å². The van der Waals surface area contributed by atoms with E-state index < -0.39 is 0 Å². The Hall–Kier alpha value is -2.41. The smallest absolute Gasteiger partial charge is 0.328 e. The second-order valence-electron chi connectivity index (χ2n) is 4.32. The third-order valence-corrected chi connectivity index (χ3v) is 3.17. The van der Waals surface area contributed by atoms with Crippen molar-refractivity contribution in [2.24, 2.45) is 19.8 Å². The molecule has 3 rings (SSSR count). The summed E-state index contributed by atoms with van der Waals surface area (Å²) in [7, 11) is 3.47. The van der Waals surface area contributed by atoms with E-state index in [1.165, 1.54) is 0 Å². The van der Waals surface area contributed by atoms with Gasteiger partial charge in [0.1, 0.15) is 0 Å². The maximum Gasteiger partial charge on any atom is 0.328 e. The van der Waals surface area contributed by atoms with Gasteiger partial charge in [0.15, 0.2) is 0 Å². The molecule has 7 heteroatoms. The molecule has 98 valence electrons. The number of hydrogen-bond donors (Lipinski definition) is 1. The Bertz CT molecular complexity index is 811. The van der Waals surface area contributed by atoms with Crippen molar-refractivity contribution < 1.29 is 4.52 Å². The molecule has 0 saturated heterocycles. The van der Waals surface area contributed by atoms with Crippen LogP contribution in [-0.2, 0) is 20.6 Å². The number of fused-ring (bicyclic) bond motifs is 1. The zero-order valence-corrected chi connectivity index (χ0v) is 10.6. The van der Waals surface area contributed by atoms with E-state index >= 15 is 0 Å². The minimum Gasteiger partial charge on any atom is -0.338 e. The molecular weight excluding hydrogens is 246 g/mol.